The van der Waals surface area contributed by atoms with Crippen molar-refractivity contribution >= 4 is 11.0 Å². The number of rotatable bonds is 5. The Labute approximate surface area is 123 Å². The Kier molecular flexibility index (Phi) is 3.88. The topological polar surface area (TPSA) is 36.2 Å². The molecular weight excluding hydrogens is 264 g/mol. The van der Waals surface area contributed by atoms with Crippen LogP contribution in [0.2, 0.25) is 0 Å². The molecule has 3 rings (SSSR count). The Morgan fingerprint density at radius 2 is 1.52 bits per heavy atom. The number of imidazole rings is 1. The average molecular weight is 282 g/mol. The molecule has 0 fully saturated rings. The van der Waals surface area contributed by atoms with Crippen molar-refractivity contribution in [2.75, 3.05) is 0 Å². The molecule has 0 atom stereocenters. The number of nitrogens with zero attached hydrogens (tertiary/aromatic N) is 2. The second-order valence-electron chi connectivity index (χ2n) is 4.91. The van der Waals surface area contributed by atoms with Crippen LogP contribution < -0.4 is 5.69 Å². The van der Waals surface area contributed by atoms with Crippen molar-refractivity contribution in [2.45, 2.75) is 26.8 Å². The second-order valence-corrected chi connectivity index (χ2v) is 4.91. The lowest BCUT2D eigenvalue weighted by atomic mass is 10.2. The highest BCUT2D eigenvalue weighted by Gasteiger charge is 2.11. The third-order valence-corrected chi connectivity index (χ3v) is 3.57. The summed E-state index contributed by atoms with van der Waals surface area (Å²) in [5, 5.41) is 0. The SMILES string of the molecule is CCn1c(=O)n(COCc2ccccc2)c2ccccc21. The van der Waals surface area contributed by atoms with E-state index in [9.17, 15) is 4.79 Å². The monoisotopic (exact) mass is 282 g/mol. The molecule has 0 unspecified atom stereocenters. The van der Waals surface area contributed by atoms with E-state index in [-0.39, 0.29) is 12.4 Å². The minimum absolute atomic E-state index is 0.0215. The van der Waals surface area contributed by atoms with Crippen LogP contribution in [-0.2, 0) is 24.6 Å². The first-order valence-corrected chi connectivity index (χ1v) is 7.11. The number of aryl methyl sites for hydroxylation is 1. The minimum atomic E-state index is -0.0215. The zero-order chi connectivity index (χ0) is 14.7. The molecule has 0 bridgehead atoms. The third-order valence-electron chi connectivity index (χ3n) is 3.57. The van der Waals surface area contributed by atoms with E-state index in [1.165, 1.54) is 0 Å². The van der Waals surface area contributed by atoms with E-state index in [1.54, 1.807) is 9.13 Å². The van der Waals surface area contributed by atoms with E-state index in [4.69, 9.17) is 4.74 Å². The molecule has 0 radical (unpaired) electrons. The lowest BCUT2D eigenvalue weighted by Gasteiger charge is -2.05. The molecule has 1 aromatic heterocycles. The van der Waals surface area contributed by atoms with Gasteiger partial charge in [-0.2, -0.15) is 0 Å². The third kappa shape index (κ3) is 2.62. The normalized spacial score (nSPS) is 11.1. The number of hydrogen-bond donors (Lipinski definition) is 0. The van der Waals surface area contributed by atoms with Gasteiger partial charge in [0, 0.05) is 6.54 Å². The van der Waals surface area contributed by atoms with Gasteiger partial charge in [0.05, 0.1) is 17.6 Å². The quantitative estimate of drug-likeness (QED) is 0.721. The number of hydrogen-bond acceptors (Lipinski definition) is 2. The number of para-hydroxylation sites is 2. The predicted octanol–water partition coefficient (Wildman–Crippen LogP) is 3.00. The molecule has 0 aliphatic rings. The summed E-state index contributed by atoms with van der Waals surface area (Å²) >= 11 is 0. The van der Waals surface area contributed by atoms with Crippen molar-refractivity contribution in [1.29, 1.82) is 0 Å². The van der Waals surface area contributed by atoms with Crippen LogP contribution in [0.3, 0.4) is 0 Å². The van der Waals surface area contributed by atoms with Gasteiger partial charge in [-0.3, -0.25) is 9.13 Å². The molecule has 4 nitrogen and oxygen atoms in total. The van der Waals surface area contributed by atoms with E-state index in [0.717, 1.165) is 16.6 Å². The molecule has 0 saturated heterocycles. The van der Waals surface area contributed by atoms with Gasteiger partial charge >= 0.3 is 5.69 Å². The fourth-order valence-corrected chi connectivity index (χ4v) is 2.53. The fourth-order valence-electron chi connectivity index (χ4n) is 2.53. The van der Waals surface area contributed by atoms with Gasteiger partial charge in [-0.15, -0.1) is 0 Å². The van der Waals surface area contributed by atoms with Gasteiger partial charge in [0.25, 0.3) is 0 Å². The van der Waals surface area contributed by atoms with E-state index in [2.05, 4.69) is 0 Å². The van der Waals surface area contributed by atoms with Crippen LogP contribution in [0.15, 0.2) is 59.4 Å². The Morgan fingerprint density at radius 3 is 2.19 bits per heavy atom. The Hall–Kier alpha value is -2.33. The van der Waals surface area contributed by atoms with Crippen molar-refractivity contribution in [3.63, 3.8) is 0 Å². The summed E-state index contributed by atoms with van der Waals surface area (Å²) in [5.74, 6) is 0. The van der Waals surface area contributed by atoms with Crippen LogP contribution in [0, 0.1) is 0 Å². The predicted molar refractivity (Wildman–Crippen MR) is 83.1 cm³/mol. The lowest BCUT2D eigenvalue weighted by Crippen LogP contribution is -2.24. The largest absolute Gasteiger partial charge is 0.356 e. The van der Waals surface area contributed by atoms with Gasteiger partial charge in [-0.25, -0.2) is 4.79 Å². The summed E-state index contributed by atoms with van der Waals surface area (Å²) < 4.78 is 9.15. The van der Waals surface area contributed by atoms with Crippen LogP contribution in [-0.4, -0.2) is 9.13 Å². The number of ether oxygens (including phenoxy) is 1. The van der Waals surface area contributed by atoms with Crippen molar-refractivity contribution in [1.82, 2.24) is 9.13 Å². The minimum Gasteiger partial charge on any atom is -0.356 e. The highest BCUT2D eigenvalue weighted by Crippen LogP contribution is 2.13. The zero-order valence-electron chi connectivity index (χ0n) is 12.0. The average Bonchev–Trinajstić information content (AvgIpc) is 2.80. The highest BCUT2D eigenvalue weighted by molar-refractivity contribution is 5.75. The number of benzene rings is 2. The summed E-state index contributed by atoms with van der Waals surface area (Å²) in [4.78, 5) is 12.4. The Bertz CT molecular complexity index is 787. The molecule has 0 saturated carbocycles. The molecule has 0 N–H and O–H groups in total. The van der Waals surface area contributed by atoms with Gasteiger partial charge in [-0.05, 0) is 24.6 Å². The van der Waals surface area contributed by atoms with Gasteiger partial charge in [0.1, 0.15) is 6.73 Å². The van der Waals surface area contributed by atoms with Crippen LogP contribution in [0.4, 0.5) is 0 Å². The first-order valence-electron chi connectivity index (χ1n) is 7.11. The van der Waals surface area contributed by atoms with Crippen molar-refractivity contribution < 1.29 is 4.74 Å². The first-order chi connectivity index (χ1) is 10.3. The molecule has 4 heteroatoms. The second kappa shape index (κ2) is 5.97. The first kappa shape index (κ1) is 13.6. The maximum atomic E-state index is 12.4. The van der Waals surface area contributed by atoms with Crippen molar-refractivity contribution in [2.24, 2.45) is 0 Å². The van der Waals surface area contributed by atoms with Gasteiger partial charge in [0.2, 0.25) is 0 Å². The van der Waals surface area contributed by atoms with Gasteiger partial charge in [-0.1, -0.05) is 42.5 Å². The smallest absolute Gasteiger partial charge is 0.330 e. The van der Waals surface area contributed by atoms with Crippen LogP contribution in [0.5, 0.6) is 0 Å². The molecule has 3 aromatic rings. The summed E-state index contributed by atoms with van der Waals surface area (Å²) in [6.45, 7) is 3.40. The lowest BCUT2D eigenvalue weighted by molar-refractivity contribution is 0.0640. The van der Waals surface area contributed by atoms with E-state index in [1.807, 2.05) is 61.5 Å². The number of aromatic nitrogens is 2. The van der Waals surface area contributed by atoms with Gasteiger partial charge < -0.3 is 4.74 Å². The maximum Gasteiger partial charge on any atom is 0.330 e. The molecule has 108 valence electrons. The van der Waals surface area contributed by atoms with E-state index in [0.29, 0.717) is 13.2 Å². The standard InChI is InChI=1S/C17H18N2O2/c1-2-18-15-10-6-7-11-16(15)19(17(18)20)13-21-12-14-8-4-3-5-9-14/h3-11H,2,12-13H2,1H3. The van der Waals surface area contributed by atoms with Crippen LogP contribution >= 0.6 is 0 Å². The van der Waals surface area contributed by atoms with Gasteiger partial charge in [0.15, 0.2) is 0 Å². The number of fused-ring (bicyclic) bond motifs is 1. The summed E-state index contributed by atoms with van der Waals surface area (Å²) in [6, 6.07) is 17.8. The molecule has 1 heterocycles. The van der Waals surface area contributed by atoms with E-state index >= 15 is 0 Å². The molecule has 0 spiro atoms. The molecular formula is C17H18N2O2. The molecule has 0 aliphatic heterocycles. The zero-order valence-corrected chi connectivity index (χ0v) is 12.0. The fraction of sp³-hybridized carbons (Fsp3) is 0.235. The van der Waals surface area contributed by atoms with Crippen LogP contribution in [0.25, 0.3) is 11.0 Å². The summed E-state index contributed by atoms with van der Waals surface area (Å²) in [7, 11) is 0. The molecule has 21 heavy (non-hydrogen) atoms. The Balaban J connectivity index is 1.84. The summed E-state index contributed by atoms with van der Waals surface area (Å²) in [6.07, 6.45) is 0. The van der Waals surface area contributed by atoms with E-state index < -0.39 is 0 Å². The van der Waals surface area contributed by atoms with Crippen molar-refractivity contribution in [3.05, 3.63) is 70.6 Å². The molecule has 0 amide bonds. The molecule has 0 aliphatic carbocycles. The summed E-state index contributed by atoms with van der Waals surface area (Å²) in [5.41, 5.74) is 2.95. The Morgan fingerprint density at radius 1 is 0.905 bits per heavy atom. The van der Waals surface area contributed by atoms with Crippen molar-refractivity contribution in [3.8, 4) is 0 Å². The maximum absolute atomic E-state index is 12.4. The molecule has 2 aromatic carbocycles. The highest BCUT2D eigenvalue weighted by atomic mass is 16.5. The van der Waals surface area contributed by atoms with Crippen LogP contribution in [0.1, 0.15) is 12.5 Å².